The molecule has 2 heterocycles. The van der Waals surface area contributed by atoms with E-state index in [1.54, 1.807) is 48.8 Å². The summed E-state index contributed by atoms with van der Waals surface area (Å²) in [7, 11) is 0. The van der Waals surface area contributed by atoms with Gasteiger partial charge in [-0.2, -0.15) is 0 Å². The number of hydrogen-bond donors (Lipinski definition) is 1. The van der Waals surface area contributed by atoms with Gasteiger partial charge in [0.2, 0.25) is 0 Å². The molecule has 1 atom stereocenters. The zero-order valence-electron chi connectivity index (χ0n) is 17.3. The smallest absolute Gasteiger partial charge is 0.295 e. The molecule has 5 nitrogen and oxygen atoms in total. The molecule has 1 aromatic heterocycles. The first-order chi connectivity index (χ1) is 15.4. The number of aliphatic hydroxyl groups is 1. The molecule has 1 N–H and O–H groups in total. The number of ketones is 1. The van der Waals surface area contributed by atoms with Crippen molar-refractivity contribution in [1.82, 2.24) is 9.88 Å². The van der Waals surface area contributed by atoms with E-state index in [1.807, 2.05) is 25.1 Å². The van der Waals surface area contributed by atoms with Gasteiger partial charge in [-0.15, -0.1) is 0 Å². The number of likely N-dealkylation sites (tertiary alicyclic amines) is 1. The zero-order chi connectivity index (χ0) is 22.8. The Balaban J connectivity index is 1.86. The minimum absolute atomic E-state index is 0.0153. The highest BCUT2D eigenvalue weighted by Crippen LogP contribution is 2.41. The molecule has 7 heteroatoms. The van der Waals surface area contributed by atoms with Gasteiger partial charge in [0.05, 0.1) is 21.7 Å². The van der Waals surface area contributed by atoms with Gasteiger partial charge in [0.25, 0.3) is 11.7 Å². The maximum atomic E-state index is 13.1. The van der Waals surface area contributed by atoms with E-state index in [9.17, 15) is 14.7 Å². The van der Waals surface area contributed by atoms with Crippen LogP contribution in [0.25, 0.3) is 5.76 Å². The molecule has 32 heavy (non-hydrogen) atoms. The Morgan fingerprint density at radius 1 is 1.03 bits per heavy atom. The Bertz CT molecular complexity index is 1210. The Morgan fingerprint density at radius 3 is 2.41 bits per heavy atom. The molecule has 1 aliphatic rings. The van der Waals surface area contributed by atoms with Crippen molar-refractivity contribution in [2.75, 3.05) is 0 Å². The third-order valence-corrected chi connectivity index (χ3v) is 6.25. The first-order valence-corrected chi connectivity index (χ1v) is 10.9. The number of halogens is 2. The standard InChI is InChI=1S/C25H20Cl2N2O3/c1-2-15-5-7-17(8-6-15)23(30)21-22(18-9-10-19(26)20(27)12-18)29(25(32)24(21)31)14-16-4-3-11-28-13-16/h3-13,22,30H,2,14H2,1H3/b23-21-. The minimum Gasteiger partial charge on any atom is -0.507 e. The number of aromatic nitrogens is 1. The van der Waals surface area contributed by atoms with Gasteiger partial charge in [0.1, 0.15) is 5.76 Å². The zero-order valence-corrected chi connectivity index (χ0v) is 18.8. The second-order valence-corrected chi connectivity index (χ2v) is 8.33. The fourth-order valence-corrected chi connectivity index (χ4v) is 4.12. The molecule has 3 aromatic rings. The average molecular weight is 467 g/mol. The van der Waals surface area contributed by atoms with E-state index in [0.29, 0.717) is 21.2 Å². The van der Waals surface area contributed by atoms with Crippen molar-refractivity contribution >= 4 is 40.7 Å². The van der Waals surface area contributed by atoms with Crippen molar-refractivity contribution in [2.45, 2.75) is 25.9 Å². The fraction of sp³-hybridized carbons (Fsp3) is 0.160. The number of hydrogen-bond acceptors (Lipinski definition) is 4. The molecule has 1 saturated heterocycles. The third kappa shape index (κ3) is 4.14. The van der Waals surface area contributed by atoms with E-state index in [1.165, 1.54) is 4.90 Å². The van der Waals surface area contributed by atoms with Gasteiger partial charge >= 0.3 is 0 Å². The molecule has 1 aliphatic heterocycles. The molecule has 0 aliphatic carbocycles. The number of amides is 1. The molecular weight excluding hydrogens is 447 g/mol. The van der Waals surface area contributed by atoms with E-state index < -0.39 is 17.7 Å². The molecule has 0 spiro atoms. The molecule has 162 valence electrons. The molecule has 0 radical (unpaired) electrons. The average Bonchev–Trinajstić information content (AvgIpc) is 3.06. The predicted octanol–water partition coefficient (Wildman–Crippen LogP) is 5.57. The lowest BCUT2D eigenvalue weighted by molar-refractivity contribution is -0.140. The van der Waals surface area contributed by atoms with Crippen LogP contribution in [0.15, 0.2) is 72.6 Å². The SMILES string of the molecule is CCc1ccc(/C(O)=C2/C(=O)C(=O)N(Cc3cccnc3)C2c2ccc(Cl)c(Cl)c2)cc1. The summed E-state index contributed by atoms with van der Waals surface area (Å²) in [5.74, 6) is -1.67. The van der Waals surface area contributed by atoms with Gasteiger partial charge < -0.3 is 10.0 Å². The van der Waals surface area contributed by atoms with Crippen LogP contribution in [0.3, 0.4) is 0 Å². The molecule has 2 aromatic carbocycles. The number of aryl methyl sites for hydroxylation is 1. The van der Waals surface area contributed by atoms with E-state index in [4.69, 9.17) is 23.2 Å². The van der Waals surface area contributed by atoms with Crippen LogP contribution in [0.5, 0.6) is 0 Å². The monoisotopic (exact) mass is 466 g/mol. The van der Waals surface area contributed by atoms with Crippen molar-refractivity contribution in [3.63, 3.8) is 0 Å². The molecular formula is C25H20Cl2N2O3. The van der Waals surface area contributed by atoms with E-state index >= 15 is 0 Å². The lowest BCUT2D eigenvalue weighted by Gasteiger charge is -2.25. The van der Waals surface area contributed by atoms with Crippen LogP contribution in [0.1, 0.15) is 35.2 Å². The highest BCUT2D eigenvalue weighted by molar-refractivity contribution is 6.46. The largest absolute Gasteiger partial charge is 0.507 e. The summed E-state index contributed by atoms with van der Waals surface area (Å²) >= 11 is 12.3. The van der Waals surface area contributed by atoms with Crippen LogP contribution < -0.4 is 0 Å². The first-order valence-electron chi connectivity index (χ1n) is 10.1. The van der Waals surface area contributed by atoms with Crippen LogP contribution in [-0.4, -0.2) is 26.7 Å². The van der Waals surface area contributed by atoms with Crippen molar-refractivity contribution in [3.8, 4) is 0 Å². The number of aliphatic hydroxyl groups excluding tert-OH is 1. The van der Waals surface area contributed by atoms with Crippen LogP contribution in [0.4, 0.5) is 0 Å². The number of rotatable bonds is 5. The summed E-state index contributed by atoms with van der Waals surface area (Å²) in [5, 5.41) is 11.8. The van der Waals surface area contributed by atoms with Crippen LogP contribution >= 0.6 is 23.2 Å². The molecule has 1 amide bonds. The first kappa shape index (κ1) is 22.1. The van der Waals surface area contributed by atoms with Crippen molar-refractivity contribution < 1.29 is 14.7 Å². The van der Waals surface area contributed by atoms with Crippen LogP contribution in [0, 0.1) is 0 Å². The Kier molecular flexibility index (Phi) is 6.31. The number of nitrogens with zero attached hydrogens (tertiary/aromatic N) is 2. The predicted molar refractivity (Wildman–Crippen MR) is 124 cm³/mol. The number of pyridine rings is 1. The van der Waals surface area contributed by atoms with Gasteiger partial charge in [0.15, 0.2) is 0 Å². The second kappa shape index (κ2) is 9.15. The van der Waals surface area contributed by atoms with Crippen LogP contribution in [-0.2, 0) is 22.6 Å². The van der Waals surface area contributed by atoms with Crippen LogP contribution in [0.2, 0.25) is 10.0 Å². The van der Waals surface area contributed by atoms with Crippen molar-refractivity contribution in [2.24, 2.45) is 0 Å². The summed E-state index contributed by atoms with van der Waals surface area (Å²) < 4.78 is 0. The van der Waals surface area contributed by atoms with Gasteiger partial charge in [-0.25, -0.2) is 0 Å². The van der Waals surface area contributed by atoms with Gasteiger partial charge in [-0.3, -0.25) is 14.6 Å². The maximum absolute atomic E-state index is 13.1. The molecule has 0 saturated carbocycles. The summed E-state index contributed by atoms with van der Waals surface area (Å²) in [6.45, 7) is 2.18. The lowest BCUT2D eigenvalue weighted by Crippen LogP contribution is -2.29. The normalized spacial score (nSPS) is 17.7. The Labute approximate surface area is 195 Å². The summed E-state index contributed by atoms with van der Waals surface area (Å²) in [6, 6.07) is 14.9. The van der Waals surface area contributed by atoms with Gasteiger partial charge in [-0.05, 0) is 41.3 Å². The lowest BCUT2D eigenvalue weighted by atomic mass is 9.95. The minimum atomic E-state index is -0.823. The second-order valence-electron chi connectivity index (χ2n) is 7.51. The van der Waals surface area contributed by atoms with Crippen molar-refractivity contribution in [1.29, 1.82) is 0 Å². The number of Topliss-reactive ketones (excluding diaryl/α,β-unsaturated/α-hetero) is 1. The quantitative estimate of drug-likeness (QED) is 0.303. The number of carbonyl (C=O) groups excluding carboxylic acids is 2. The molecule has 4 rings (SSSR count). The topological polar surface area (TPSA) is 70.5 Å². The van der Waals surface area contributed by atoms with E-state index in [0.717, 1.165) is 17.5 Å². The van der Waals surface area contributed by atoms with Crippen molar-refractivity contribution in [3.05, 3.63) is 105 Å². The summed E-state index contributed by atoms with van der Waals surface area (Å²) in [6.07, 6.45) is 4.11. The third-order valence-electron chi connectivity index (χ3n) is 5.51. The van der Waals surface area contributed by atoms with E-state index in [2.05, 4.69) is 4.98 Å². The molecule has 1 unspecified atom stereocenters. The van der Waals surface area contributed by atoms with E-state index in [-0.39, 0.29) is 17.9 Å². The highest BCUT2D eigenvalue weighted by atomic mass is 35.5. The number of benzene rings is 2. The Morgan fingerprint density at radius 2 is 1.78 bits per heavy atom. The number of carbonyl (C=O) groups is 2. The highest BCUT2D eigenvalue weighted by Gasteiger charge is 2.46. The summed E-state index contributed by atoms with van der Waals surface area (Å²) in [5.41, 5.74) is 2.91. The fourth-order valence-electron chi connectivity index (χ4n) is 3.81. The molecule has 0 bridgehead atoms. The maximum Gasteiger partial charge on any atom is 0.295 e. The Hall–Kier alpha value is -3.15. The van der Waals surface area contributed by atoms with Gasteiger partial charge in [0, 0.05) is 24.5 Å². The molecule has 1 fully saturated rings. The van der Waals surface area contributed by atoms with Gasteiger partial charge in [-0.1, -0.05) is 66.5 Å². The summed E-state index contributed by atoms with van der Waals surface area (Å²) in [4.78, 5) is 31.7.